The molecule has 1 aromatic carbocycles. The van der Waals surface area contributed by atoms with Gasteiger partial charge in [-0.05, 0) is 30.2 Å². The van der Waals surface area contributed by atoms with Gasteiger partial charge in [-0.15, -0.1) is 0 Å². The number of H-pyrrole nitrogens is 1. The molecule has 7 nitrogen and oxygen atoms in total. The minimum atomic E-state index is -4.43. The van der Waals surface area contributed by atoms with Crippen LogP contribution in [-0.2, 0) is 17.4 Å². The first kappa shape index (κ1) is 18.2. The van der Waals surface area contributed by atoms with Crippen molar-refractivity contribution in [3.05, 3.63) is 47.8 Å². The van der Waals surface area contributed by atoms with Crippen LogP contribution in [0.2, 0.25) is 0 Å². The van der Waals surface area contributed by atoms with Gasteiger partial charge in [-0.3, -0.25) is 9.78 Å². The Hall–Kier alpha value is -3.17. The maximum absolute atomic E-state index is 12.9. The van der Waals surface area contributed by atoms with E-state index >= 15 is 0 Å². The minimum Gasteiger partial charge on any atom is -0.368 e. The summed E-state index contributed by atoms with van der Waals surface area (Å²) in [5.41, 5.74) is 1.86. The van der Waals surface area contributed by atoms with E-state index in [9.17, 15) is 18.0 Å². The summed E-state index contributed by atoms with van der Waals surface area (Å²) < 4.78 is 38.6. The van der Waals surface area contributed by atoms with Gasteiger partial charge < -0.3 is 10.2 Å². The number of hydrogen-bond donors (Lipinski definition) is 2. The number of fused-ring (bicyclic) bond motifs is 1. The van der Waals surface area contributed by atoms with Gasteiger partial charge in [-0.25, -0.2) is 0 Å². The summed E-state index contributed by atoms with van der Waals surface area (Å²) in [5.74, 6) is -0.142. The summed E-state index contributed by atoms with van der Waals surface area (Å²) >= 11 is 0. The van der Waals surface area contributed by atoms with E-state index in [-0.39, 0.29) is 18.4 Å². The predicted molar refractivity (Wildman–Crippen MR) is 95.6 cm³/mol. The zero-order valence-corrected chi connectivity index (χ0v) is 14.7. The van der Waals surface area contributed by atoms with Crippen LogP contribution in [0.4, 0.5) is 18.9 Å². The molecule has 0 spiro atoms. The van der Waals surface area contributed by atoms with Gasteiger partial charge in [-0.2, -0.15) is 28.6 Å². The number of aromatic nitrogens is 4. The van der Waals surface area contributed by atoms with Crippen molar-refractivity contribution in [2.75, 3.05) is 18.0 Å². The maximum atomic E-state index is 12.9. The van der Waals surface area contributed by atoms with Crippen LogP contribution in [0.5, 0.6) is 0 Å². The van der Waals surface area contributed by atoms with Gasteiger partial charge in [0, 0.05) is 25.3 Å². The second kappa shape index (κ2) is 7.10. The van der Waals surface area contributed by atoms with E-state index < -0.39 is 11.7 Å². The quantitative estimate of drug-likeness (QED) is 0.714. The number of benzene rings is 1. The van der Waals surface area contributed by atoms with Crippen LogP contribution in [0.1, 0.15) is 17.5 Å². The molecule has 1 amide bonds. The zero-order chi connectivity index (χ0) is 19.7. The standard InChI is InChI=1S/C18H17F3N6O/c19-18(20,21)12-7-14(9-22-8-12)27-4-3-13(10-27)23-17(28)6-11-1-2-15-16(5-11)25-26-24-15/h1-2,5,7-9,13H,3-4,6,10H2,(H,23,28)(H,24,25,26)/t13-/m1/s1. The Labute approximate surface area is 157 Å². The van der Waals surface area contributed by atoms with Crippen LogP contribution in [0, 0.1) is 0 Å². The third-order valence-electron chi connectivity index (χ3n) is 4.72. The summed E-state index contributed by atoms with van der Waals surface area (Å²) in [7, 11) is 0. The lowest BCUT2D eigenvalue weighted by Crippen LogP contribution is -2.38. The zero-order valence-electron chi connectivity index (χ0n) is 14.7. The Balaban J connectivity index is 1.36. The van der Waals surface area contributed by atoms with Crippen LogP contribution in [0.15, 0.2) is 36.7 Å². The monoisotopic (exact) mass is 390 g/mol. The number of halogens is 3. The fraction of sp³-hybridized carbons (Fsp3) is 0.333. The van der Waals surface area contributed by atoms with Crippen LogP contribution < -0.4 is 10.2 Å². The molecular weight excluding hydrogens is 373 g/mol. The summed E-state index contributed by atoms with van der Waals surface area (Å²) in [6, 6.07) is 6.37. The lowest BCUT2D eigenvalue weighted by Gasteiger charge is -2.20. The fourth-order valence-corrected chi connectivity index (χ4v) is 3.33. The number of anilines is 1. The molecule has 1 atom stereocenters. The van der Waals surface area contributed by atoms with Crippen LogP contribution in [0.25, 0.3) is 11.0 Å². The molecule has 4 rings (SSSR count). The average molecular weight is 390 g/mol. The number of aromatic amines is 1. The van der Waals surface area contributed by atoms with E-state index in [4.69, 9.17) is 0 Å². The van der Waals surface area contributed by atoms with Gasteiger partial charge in [0.25, 0.3) is 0 Å². The summed E-state index contributed by atoms with van der Waals surface area (Å²) in [6.45, 7) is 0.996. The minimum absolute atomic E-state index is 0.127. The van der Waals surface area contributed by atoms with Crippen LogP contribution in [0.3, 0.4) is 0 Å². The van der Waals surface area contributed by atoms with E-state index in [1.807, 2.05) is 6.07 Å². The maximum Gasteiger partial charge on any atom is 0.417 e. The highest BCUT2D eigenvalue weighted by Crippen LogP contribution is 2.31. The number of pyridine rings is 1. The van der Waals surface area contributed by atoms with Crippen molar-refractivity contribution in [2.24, 2.45) is 0 Å². The van der Waals surface area contributed by atoms with Crippen molar-refractivity contribution in [3.8, 4) is 0 Å². The number of carbonyl (C=O) groups is 1. The molecule has 1 saturated heterocycles. The number of nitrogens with one attached hydrogen (secondary N) is 2. The van der Waals surface area contributed by atoms with E-state index in [1.165, 1.54) is 6.20 Å². The van der Waals surface area contributed by atoms with E-state index in [0.717, 1.165) is 23.3 Å². The number of alkyl halides is 3. The Morgan fingerprint density at radius 3 is 2.86 bits per heavy atom. The van der Waals surface area contributed by atoms with Crippen molar-refractivity contribution in [2.45, 2.75) is 25.1 Å². The molecular formula is C18H17F3N6O. The molecule has 0 radical (unpaired) electrons. The first-order chi connectivity index (χ1) is 13.4. The predicted octanol–water partition coefficient (Wildman–Crippen LogP) is 2.31. The lowest BCUT2D eigenvalue weighted by atomic mass is 10.1. The molecule has 1 fully saturated rings. The van der Waals surface area contributed by atoms with Crippen molar-refractivity contribution in [1.29, 1.82) is 0 Å². The third kappa shape index (κ3) is 3.90. The molecule has 146 valence electrons. The first-order valence-electron chi connectivity index (χ1n) is 8.74. The topological polar surface area (TPSA) is 86.8 Å². The number of rotatable bonds is 4. The normalized spacial score (nSPS) is 17.2. The van der Waals surface area contributed by atoms with Crippen LogP contribution in [-0.4, -0.2) is 45.4 Å². The molecule has 28 heavy (non-hydrogen) atoms. The number of amides is 1. The van der Waals surface area contributed by atoms with Crippen molar-refractivity contribution in [1.82, 2.24) is 25.7 Å². The largest absolute Gasteiger partial charge is 0.417 e. The highest BCUT2D eigenvalue weighted by Gasteiger charge is 2.32. The molecule has 0 saturated carbocycles. The van der Waals surface area contributed by atoms with Crippen molar-refractivity contribution in [3.63, 3.8) is 0 Å². The molecule has 1 aliphatic heterocycles. The van der Waals surface area contributed by atoms with Gasteiger partial charge in [0.05, 0.1) is 23.9 Å². The van der Waals surface area contributed by atoms with Crippen LogP contribution >= 0.6 is 0 Å². The Morgan fingerprint density at radius 2 is 2.04 bits per heavy atom. The number of nitrogens with zero attached hydrogens (tertiary/aromatic N) is 4. The molecule has 3 aromatic rings. The van der Waals surface area contributed by atoms with Crippen molar-refractivity contribution >= 4 is 22.6 Å². The molecule has 3 heterocycles. The number of carbonyl (C=O) groups excluding carboxylic acids is 1. The molecule has 10 heteroatoms. The third-order valence-corrected chi connectivity index (χ3v) is 4.72. The van der Waals surface area contributed by atoms with Gasteiger partial charge >= 0.3 is 6.18 Å². The molecule has 0 bridgehead atoms. The molecule has 1 aliphatic rings. The molecule has 0 aliphatic carbocycles. The van der Waals surface area contributed by atoms with Crippen molar-refractivity contribution < 1.29 is 18.0 Å². The Bertz CT molecular complexity index is 1000. The first-order valence-corrected chi connectivity index (χ1v) is 8.74. The smallest absolute Gasteiger partial charge is 0.368 e. The molecule has 0 unspecified atom stereocenters. The van der Waals surface area contributed by atoms with E-state index in [0.29, 0.717) is 30.7 Å². The molecule has 2 N–H and O–H groups in total. The fourth-order valence-electron chi connectivity index (χ4n) is 3.33. The molecule has 2 aromatic heterocycles. The number of hydrogen-bond acceptors (Lipinski definition) is 5. The Morgan fingerprint density at radius 1 is 1.21 bits per heavy atom. The highest BCUT2D eigenvalue weighted by molar-refractivity contribution is 5.81. The Kier molecular flexibility index (Phi) is 4.62. The summed E-state index contributed by atoms with van der Waals surface area (Å²) in [6.07, 6.45) is -1.35. The average Bonchev–Trinajstić information content (AvgIpc) is 3.30. The van der Waals surface area contributed by atoms with Gasteiger partial charge in [0.2, 0.25) is 5.91 Å². The SMILES string of the molecule is O=C(Cc1ccc2n[nH]nc2c1)N[C@@H]1CCN(c2cncc(C(F)(F)F)c2)C1. The second-order valence-corrected chi connectivity index (χ2v) is 6.75. The van der Waals surface area contributed by atoms with E-state index in [1.54, 1.807) is 17.0 Å². The van der Waals surface area contributed by atoms with E-state index in [2.05, 4.69) is 25.7 Å². The van der Waals surface area contributed by atoms with Gasteiger partial charge in [0.1, 0.15) is 11.0 Å². The summed E-state index contributed by atoms with van der Waals surface area (Å²) in [4.78, 5) is 17.8. The van der Waals surface area contributed by atoms with Gasteiger partial charge in [0.15, 0.2) is 0 Å². The lowest BCUT2D eigenvalue weighted by molar-refractivity contribution is -0.137. The second-order valence-electron chi connectivity index (χ2n) is 6.75. The highest BCUT2D eigenvalue weighted by atomic mass is 19.4. The summed E-state index contributed by atoms with van der Waals surface area (Å²) in [5, 5.41) is 13.4. The van der Waals surface area contributed by atoms with Gasteiger partial charge in [-0.1, -0.05) is 6.07 Å².